The maximum absolute atomic E-state index is 6.72. The molecule has 0 fully saturated rings. The molecular formula is C52H31N5O. The molecule has 0 aliphatic rings. The van der Waals surface area contributed by atoms with Crippen molar-refractivity contribution in [3.63, 3.8) is 0 Å². The molecule has 270 valence electrons. The average Bonchev–Trinajstić information content (AvgIpc) is 3.89. The van der Waals surface area contributed by atoms with E-state index >= 15 is 0 Å². The van der Waals surface area contributed by atoms with Gasteiger partial charge in [0, 0.05) is 33.2 Å². The van der Waals surface area contributed by atoms with Gasteiger partial charge in [-0.05, 0) is 80.8 Å². The Bertz CT molecular complexity index is 3540. The van der Waals surface area contributed by atoms with E-state index in [4.69, 9.17) is 24.4 Å². The number of aromatic nitrogens is 5. The minimum atomic E-state index is 0.511. The minimum absolute atomic E-state index is 0.511. The molecule has 6 nitrogen and oxygen atoms in total. The summed E-state index contributed by atoms with van der Waals surface area (Å²) in [4.78, 5) is 20.4. The Labute approximate surface area is 332 Å². The predicted molar refractivity (Wildman–Crippen MR) is 236 cm³/mol. The zero-order valence-electron chi connectivity index (χ0n) is 31.0. The van der Waals surface area contributed by atoms with E-state index in [-0.39, 0.29) is 0 Å². The molecular weight excluding hydrogens is 711 g/mol. The van der Waals surface area contributed by atoms with E-state index < -0.39 is 0 Å². The number of fused-ring (bicyclic) bond motifs is 10. The lowest BCUT2D eigenvalue weighted by Crippen LogP contribution is -2.00. The van der Waals surface area contributed by atoms with Crippen molar-refractivity contribution in [1.82, 2.24) is 24.5 Å². The van der Waals surface area contributed by atoms with Crippen molar-refractivity contribution in [1.29, 1.82) is 0 Å². The van der Waals surface area contributed by atoms with Crippen LogP contribution in [0, 0.1) is 0 Å². The lowest BCUT2D eigenvalue weighted by molar-refractivity contribution is 0.620. The van der Waals surface area contributed by atoms with Gasteiger partial charge >= 0.3 is 0 Å². The molecule has 0 aliphatic carbocycles. The molecule has 12 rings (SSSR count). The molecule has 9 aromatic carbocycles. The van der Waals surface area contributed by atoms with Crippen LogP contribution in [0.25, 0.3) is 117 Å². The quantitative estimate of drug-likeness (QED) is 0.164. The van der Waals surface area contributed by atoms with E-state index in [0.717, 1.165) is 55.3 Å². The van der Waals surface area contributed by atoms with Gasteiger partial charge in [-0.1, -0.05) is 140 Å². The molecule has 3 heterocycles. The van der Waals surface area contributed by atoms with E-state index in [0.29, 0.717) is 28.9 Å². The number of benzene rings is 9. The smallest absolute Gasteiger partial charge is 0.227 e. The van der Waals surface area contributed by atoms with Crippen LogP contribution < -0.4 is 0 Å². The van der Waals surface area contributed by atoms with Gasteiger partial charge in [0.1, 0.15) is 5.52 Å². The summed E-state index contributed by atoms with van der Waals surface area (Å²) in [6, 6.07) is 65.2. The van der Waals surface area contributed by atoms with E-state index in [2.05, 4.69) is 138 Å². The summed E-state index contributed by atoms with van der Waals surface area (Å²) < 4.78 is 9.03. The van der Waals surface area contributed by atoms with Crippen molar-refractivity contribution in [2.24, 2.45) is 0 Å². The van der Waals surface area contributed by atoms with Crippen molar-refractivity contribution in [2.45, 2.75) is 0 Å². The molecule has 0 N–H and O–H groups in total. The van der Waals surface area contributed by atoms with Crippen molar-refractivity contribution in [3.8, 4) is 51.3 Å². The maximum atomic E-state index is 6.72. The van der Waals surface area contributed by atoms with E-state index in [1.807, 2.05) is 54.6 Å². The molecule has 12 aromatic rings. The fraction of sp³-hybridized carbons (Fsp3) is 0. The zero-order valence-corrected chi connectivity index (χ0v) is 31.0. The number of hydrogen-bond acceptors (Lipinski definition) is 5. The van der Waals surface area contributed by atoms with Crippen LogP contribution in [0.1, 0.15) is 0 Å². The molecule has 58 heavy (non-hydrogen) atoms. The normalized spacial score (nSPS) is 11.8. The summed E-state index contributed by atoms with van der Waals surface area (Å²) in [6.45, 7) is 0. The van der Waals surface area contributed by atoms with Crippen molar-refractivity contribution >= 4 is 65.2 Å². The maximum Gasteiger partial charge on any atom is 0.227 e. The Hall–Kier alpha value is -7.96. The number of hydrogen-bond donors (Lipinski definition) is 0. The Morgan fingerprint density at radius 3 is 1.64 bits per heavy atom. The fourth-order valence-electron chi connectivity index (χ4n) is 8.60. The molecule has 0 saturated heterocycles. The summed E-state index contributed by atoms with van der Waals surface area (Å²) in [5.41, 5.74) is 8.09. The van der Waals surface area contributed by atoms with E-state index in [9.17, 15) is 0 Å². The highest BCUT2D eigenvalue weighted by molar-refractivity contribution is 6.25. The minimum Gasteiger partial charge on any atom is -0.435 e. The monoisotopic (exact) mass is 741 g/mol. The van der Waals surface area contributed by atoms with Gasteiger partial charge in [-0.2, -0.15) is 0 Å². The fourth-order valence-corrected chi connectivity index (χ4v) is 8.60. The van der Waals surface area contributed by atoms with Crippen LogP contribution in [0.15, 0.2) is 192 Å². The van der Waals surface area contributed by atoms with Crippen LogP contribution in [-0.4, -0.2) is 24.5 Å². The molecule has 0 atom stereocenters. The molecule has 0 saturated carbocycles. The van der Waals surface area contributed by atoms with Gasteiger partial charge in [0.15, 0.2) is 23.1 Å². The van der Waals surface area contributed by atoms with Crippen LogP contribution in [0.5, 0.6) is 0 Å². The highest BCUT2D eigenvalue weighted by Gasteiger charge is 2.20. The lowest BCUT2D eigenvalue weighted by Gasteiger charge is -2.11. The lowest BCUT2D eigenvalue weighted by atomic mass is 9.93. The number of para-hydroxylation sites is 3. The molecule has 0 amide bonds. The first-order chi connectivity index (χ1) is 28.7. The molecule has 0 spiro atoms. The zero-order chi connectivity index (χ0) is 38.2. The summed E-state index contributed by atoms with van der Waals surface area (Å²) in [5, 5.41) is 9.60. The Kier molecular flexibility index (Phi) is 7.13. The summed E-state index contributed by atoms with van der Waals surface area (Å²) in [5.74, 6) is 2.20. The molecule has 6 heteroatoms. The first kappa shape index (κ1) is 32.3. The van der Waals surface area contributed by atoms with Crippen LogP contribution in [0.4, 0.5) is 0 Å². The van der Waals surface area contributed by atoms with Crippen molar-refractivity contribution in [2.75, 3.05) is 0 Å². The first-order valence-corrected chi connectivity index (χ1v) is 19.4. The number of rotatable bonds is 5. The highest BCUT2D eigenvalue weighted by Crippen LogP contribution is 2.39. The van der Waals surface area contributed by atoms with Gasteiger partial charge < -0.3 is 8.98 Å². The third-order valence-electron chi connectivity index (χ3n) is 11.3. The molecule has 0 unspecified atom stereocenters. The second-order valence-electron chi connectivity index (χ2n) is 14.6. The Morgan fingerprint density at radius 2 is 0.897 bits per heavy atom. The van der Waals surface area contributed by atoms with Gasteiger partial charge in [0.25, 0.3) is 0 Å². The summed E-state index contributed by atoms with van der Waals surface area (Å²) >= 11 is 0. The Balaban J connectivity index is 1.04. The second kappa shape index (κ2) is 12.8. The molecule has 0 radical (unpaired) electrons. The second-order valence-corrected chi connectivity index (χ2v) is 14.6. The van der Waals surface area contributed by atoms with Crippen LogP contribution >= 0.6 is 0 Å². The van der Waals surface area contributed by atoms with Gasteiger partial charge in [0.2, 0.25) is 5.89 Å². The van der Waals surface area contributed by atoms with Crippen LogP contribution in [0.3, 0.4) is 0 Å². The largest absolute Gasteiger partial charge is 0.435 e. The number of nitrogens with zero attached hydrogens (tertiary/aromatic N) is 5. The van der Waals surface area contributed by atoms with Crippen LogP contribution in [0.2, 0.25) is 0 Å². The topological polar surface area (TPSA) is 69.6 Å². The summed E-state index contributed by atoms with van der Waals surface area (Å²) in [6.07, 6.45) is 0. The van der Waals surface area contributed by atoms with Gasteiger partial charge in [-0.3, -0.25) is 0 Å². The third-order valence-corrected chi connectivity index (χ3v) is 11.3. The average molecular weight is 742 g/mol. The van der Waals surface area contributed by atoms with Crippen LogP contribution in [-0.2, 0) is 0 Å². The summed E-state index contributed by atoms with van der Waals surface area (Å²) in [7, 11) is 0. The van der Waals surface area contributed by atoms with Gasteiger partial charge in [-0.15, -0.1) is 0 Å². The Morgan fingerprint density at radius 1 is 0.345 bits per heavy atom. The van der Waals surface area contributed by atoms with Crippen molar-refractivity contribution < 1.29 is 4.42 Å². The van der Waals surface area contributed by atoms with E-state index in [1.165, 1.54) is 32.3 Å². The first-order valence-electron chi connectivity index (χ1n) is 19.4. The van der Waals surface area contributed by atoms with Crippen molar-refractivity contribution in [3.05, 3.63) is 188 Å². The van der Waals surface area contributed by atoms with Gasteiger partial charge in [-0.25, -0.2) is 19.9 Å². The van der Waals surface area contributed by atoms with Gasteiger partial charge in [0.05, 0.1) is 16.6 Å². The molecule has 0 bridgehead atoms. The third kappa shape index (κ3) is 5.05. The molecule has 0 aliphatic heterocycles. The highest BCUT2D eigenvalue weighted by atomic mass is 16.3. The molecule has 3 aromatic heterocycles. The standard InChI is InChI=1S/C52H31N5O/c1-3-14-32(15-4-1)49-54-50(33-26-29-42-41-22-11-12-25-46(41)57(47(42)31-33)35-16-5-2-6-17-35)56-51(55-49)43-23-13-24-45-48(43)58-52(53-45)34-27-28-40-38-20-8-7-18-36(38)37-19-9-10-21-39(37)44(40)30-34/h1-31H. The SMILES string of the molecule is c1ccc(-c2nc(-c3ccc4c5ccccc5n(-c5ccccc5)c4c3)nc(-c3cccc4nc(-c5ccc6c7ccccc7c7ccccc7c6c5)oc34)n2)cc1. The van der Waals surface area contributed by atoms with E-state index in [1.54, 1.807) is 0 Å². The predicted octanol–water partition coefficient (Wildman–Crippen LogP) is 13.2. The number of oxazole rings is 1.